The zero-order valence-corrected chi connectivity index (χ0v) is 13.0. The average Bonchev–Trinajstić information content (AvgIpc) is 3.13. The minimum absolute atomic E-state index is 0.133. The van der Waals surface area contributed by atoms with Gasteiger partial charge in [-0.3, -0.25) is 9.69 Å². The highest BCUT2D eigenvalue weighted by Gasteiger charge is 2.38. The molecule has 2 fully saturated rings. The van der Waals surface area contributed by atoms with Crippen molar-refractivity contribution in [2.24, 2.45) is 0 Å². The van der Waals surface area contributed by atoms with Crippen LogP contribution in [0, 0.1) is 0 Å². The topological polar surface area (TPSA) is 77.2 Å². The molecule has 22 heavy (non-hydrogen) atoms. The van der Waals surface area contributed by atoms with E-state index in [9.17, 15) is 15.0 Å². The molecular weight excluding hydrogens is 284 g/mol. The molecule has 2 N–H and O–H groups in total. The number of β-amino-alcohol motifs (C(OH)–C–C–N with tert-alkyl or cyclic N) is 1. The lowest BCUT2D eigenvalue weighted by Crippen LogP contribution is -2.55. The number of likely N-dealkylation sites (tertiary alicyclic amines) is 2. The van der Waals surface area contributed by atoms with Crippen LogP contribution >= 0.6 is 0 Å². The Balaban J connectivity index is 1.62. The summed E-state index contributed by atoms with van der Waals surface area (Å²) in [6, 6.07) is 3.55. The summed E-state index contributed by atoms with van der Waals surface area (Å²) >= 11 is 0. The Bertz CT molecular complexity index is 534. The molecule has 0 saturated carbocycles. The van der Waals surface area contributed by atoms with Crippen LogP contribution in [0.5, 0.6) is 0 Å². The van der Waals surface area contributed by atoms with Gasteiger partial charge in [-0.25, -0.2) is 0 Å². The molecular formula is C16H24N2O4. The van der Waals surface area contributed by atoms with Gasteiger partial charge in [-0.1, -0.05) is 0 Å². The van der Waals surface area contributed by atoms with Crippen molar-refractivity contribution < 1.29 is 19.4 Å². The van der Waals surface area contributed by atoms with E-state index in [0.29, 0.717) is 18.7 Å². The number of nitrogens with zero attached hydrogens (tertiary/aromatic N) is 2. The Labute approximate surface area is 130 Å². The van der Waals surface area contributed by atoms with Gasteiger partial charge in [0.25, 0.3) is 5.91 Å². The molecule has 1 aromatic heterocycles. The molecule has 0 radical (unpaired) electrons. The molecule has 0 aliphatic carbocycles. The molecule has 0 aromatic carbocycles. The summed E-state index contributed by atoms with van der Waals surface area (Å²) in [6.45, 7) is 5.05. The fourth-order valence-corrected chi connectivity index (χ4v) is 3.10. The standard InChI is InChI=1S/C16H24N2O4/c1-16(21)6-9-18(11-14(16)19)15(20)13-5-4-12(22-13)10-17-7-2-3-8-17/h4-5,14,19,21H,2-3,6-11H2,1H3/t14-,16-/m0/s1. The molecule has 0 spiro atoms. The molecule has 0 bridgehead atoms. The molecule has 0 unspecified atom stereocenters. The van der Waals surface area contributed by atoms with Crippen LogP contribution in [-0.4, -0.2) is 63.8 Å². The number of rotatable bonds is 3. The van der Waals surface area contributed by atoms with E-state index >= 15 is 0 Å². The van der Waals surface area contributed by atoms with Crippen molar-refractivity contribution in [3.8, 4) is 0 Å². The number of carbonyl (C=O) groups excluding carboxylic acids is 1. The number of aliphatic hydroxyl groups excluding tert-OH is 1. The highest BCUT2D eigenvalue weighted by atomic mass is 16.4. The van der Waals surface area contributed by atoms with E-state index in [1.807, 2.05) is 6.07 Å². The van der Waals surface area contributed by atoms with E-state index in [1.165, 1.54) is 12.8 Å². The van der Waals surface area contributed by atoms with Crippen LogP contribution in [0.4, 0.5) is 0 Å². The van der Waals surface area contributed by atoms with Gasteiger partial charge in [0.05, 0.1) is 18.2 Å². The summed E-state index contributed by atoms with van der Waals surface area (Å²) in [6.07, 6.45) is 1.88. The summed E-state index contributed by atoms with van der Waals surface area (Å²) in [4.78, 5) is 16.3. The van der Waals surface area contributed by atoms with Crippen LogP contribution < -0.4 is 0 Å². The van der Waals surface area contributed by atoms with Gasteiger partial charge in [0.15, 0.2) is 5.76 Å². The fraction of sp³-hybridized carbons (Fsp3) is 0.688. The molecule has 1 amide bonds. The lowest BCUT2D eigenvalue weighted by atomic mass is 9.91. The lowest BCUT2D eigenvalue weighted by Gasteiger charge is -2.39. The van der Waals surface area contributed by atoms with E-state index in [-0.39, 0.29) is 12.5 Å². The van der Waals surface area contributed by atoms with Crippen LogP contribution in [0.3, 0.4) is 0 Å². The molecule has 122 valence electrons. The Morgan fingerprint density at radius 1 is 1.36 bits per heavy atom. The van der Waals surface area contributed by atoms with Gasteiger partial charge >= 0.3 is 0 Å². The van der Waals surface area contributed by atoms with Crippen molar-refractivity contribution in [2.75, 3.05) is 26.2 Å². The van der Waals surface area contributed by atoms with Crippen molar-refractivity contribution in [3.05, 3.63) is 23.7 Å². The molecule has 3 rings (SSSR count). The largest absolute Gasteiger partial charge is 0.455 e. The molecule has 2 atom stereocenters. The van der Waals surface area contributed by atoms with Gasteiger partial charge in [0, 0.05) is 13.1 Å². The third kappa shape index (κ3) is 3.19. The van der Waals surface area contributed by atoms with Gasteiger partial charge in [-0.15, -0.1) is 0 Å². The van der Waals surface area contributed by atoms with Crippen molar-refractivity contribution >= 4 is 5.91 Å². The highest BCUT2D eigenvalue weighted by Crippen LogP contribution is 2.24. The van der Waals surface area contributed by atoms with E-state index < -0.39 is 11.7 Å². The highest BCUT2D eigenvalue weighted by molar-refractivity contribution is 5.91. The number of carbonyl (C=O) groups is 1. The average molecular weight is 308 g/mol. The van der Waals surface area contributed by atoms with Gasteiger partial charge in [-0.2, -0.15) is 0 Å². The predicted octanol–water partition coefficient (Wildman–Crippen LogP) is 0.833. The maximum Gasteiger partial charge on any atom is 0.289 e. The summed E-state index contributed by atoms with van der Waals surface area (Å²) in [5.74, 6) is 0.889. The fourth-order valence-electron chi connectivity index (χ4n) is 3.10. The monoisotopic (exact) mass is 308 g/mol. The SMILES string of the molecule is C[C@]1(O)CCN(C(=O)c2ccc(CN3CCCC3)o2)C[C@@H]1O. The first-order valence-corrected chi connectivity index (χ1v) is 7.96. The number of amides is 1. The quantitative estimate of drug-likeness (QED) is 0.865. The molecule has 1 aromatic rings. The molecule has 3 heterocycles. The zero-order chi connectivity index (χ0) is 15.7. The smallest absolute Gasteiger partial charge is 0.289 e. The number of hydrogen-bond donors (Lipinski definition) is 2. The molecule has 6 heteroatoms. The number of aliphatic hydroxyl groups is 2. The van der Waals surface area contributed by atoms with Crippen LogP contribution in [0.2, 0.25) is 0 Å². The van der Waals surface area contributed by atoms with Crippen molar-refractivity contribution in [2.45, 2.75) is 44.4 Å². The van der Waals surface area contributed by atoms with Crippen LogP contribution in [0.25, 0.3) is 0 Å². The summed E-state index contributed by atoms with van der Waals surface area (Å²) in [5.41, 5.74) is -1.12. The van der Waals surface area contributed by atoms with Gasteiger partial charge in [0.1, 0.15) is 5.76 Å². The maximum absolute atomic E-state index is 12.4. The van der Waals surface area contributed by atoms with Gasteiger partial charge in [0.2, 0.25) is 0 Å². The van der Waals surface area contributed by atoms with Crippen LogP contribution in [0.15, 0.2) is 16.5 Å². The van der Waals surface area contributed by atoms with Crippen molar-refractivity contribution in [3.63, 3.8) is 0 Å². The van der Waals surface area contributed by atoms with Gasteiger partial charge < -0.3 is 19.5 Å². The van der Waals surface area contributed by atoms with Crippen LogP contribution in [0.1, 0.15) is 42.5 Å². The predicted molar refractivity (Wildman–Crippen MR) is 80.4 cm³/mol. The van der Waals surface area contributed by atoms with E-state index in [4.69, 9.17) is 4.42 Å². The lowest BCUT2D eigenvalue weighted by molar-refractivity contribution is -0.100. The van der Waals surface area contributed by atoms with Crippen molar-refractivity contribution in [1.29, 1.82) is 0 Å². The second kappa shape index (κ2) is 6.02. The third-order valence-electron chi connectivity index (χ3n) is 4.74. The number of furan rings is 1. The molecule has 6 nitrogen and oxygen atoms in total. The molecule has 2 saturated heterocycles. The Kier molecular flexibility index (Phi) is 4.25. The molecule has 2 aliphatic heterocycles. The Morgan fingerprint density at radius 2 is 2.09 bits per heavy atom. The van der Waals surface area contributed by atoms with Crippen LogP contribution in [-0.2, 0) is 6.54 Å². The first kappa shape index (κ1) is 15.5. The first-order valence-electron chi connectivity index (χ1n) is 7.96. The summed E-state index contributed by atoms with van der Waals surface area (Å²) in [5, 5.41) is 19.9. The zero-order valence-electron chi connectivity index (χ0n) is 13.0. The number of piperidine rings is 1. The minimum Gasteiger partial charge on any atom is -0.455 e. The Hall–Kier alpha value is -1.37. The molecule has 2 aliphatic rings. The second-order valence-corrected chi connectivity index (χ2v) is 6.62. The minimum atomic E-state index is -1.12. The number of hydrogen-bond acceptors (Lipinski definition) is 5. The second-order valence-electron chi connectivity index (χ2n) is 6.62. The van der Waals surface area contributed by atoms with E-state index in [0.717, 1.165) is 25.4 Å². The Morgan fingerprint density at radius 3 is 2.77 bits per heavy atom. The van der Waals surface area contributed by atoms with Crippen molar-refractivity contribution in [1.82, 2.24) is 9.80 Å². The third-order valence-corrected chi connectivity index (χ3v) is 4.74. The van der Waals surface area contributed by atoms with E-state index in [1.54, 1.807) is 17.9 Å². The van der Waals surface area contributed by atoms with E-state index in [2.05, 4.69) is 4.90 Å². The summed E-state index contributed by atoms with van der Waals surface area (Å²) < 4.78 is 5.67. The summed E-state index contributed by atoms with van der Waals surface area (Å²) in [7, 11) is 0. The normalized spacial score (nSPS) is 30.0. The van der Waals surface area contributed by atoms with Gasteiger partial charge in [-0.05, 0) is 51.4 Å². The first-order chi connectivity index (χ1) is 10.5. The maximum atomic E-state index is 12.4.